The Morgan fingerprint density at radius 3 is 2.85 bits per heavy atom. The van der Waals surface area contributed by atoms with Crippen LogP contribution < -0.4 is 21.5 Å². The van der Waals surface area contributed by atoms with Crippen LogP contribution in [0.3, 0.4) is 0 Å². The predicted octanol–water partition coefficient (Wildman–Crippen LogP) is 1.91. The van der Waals surface area contributed by atoms with E-state index in [1.807, 2.05) is 24.3 Å². The zero-order valence-electron chi connectivity index (χ0n) is 10.8. The number of carbonyl (C=O) groups excluding carboxylic acids is 1. The average Bonchev–Trinajstić information content (AvgIpc) is 2.82. The first-order valence-corrected chi connectivity index (χ1v) is 6.33. The van der Waals surface area contributed by atoms with Crippen LogP contribution in [-0.2, 0) is 0 Å². The molecular weight excluding hydrogens is 254 g/mol. The number of fused-ring (bicyclic) bond motifs is 1. The van der Waals surface area contributed by atoms with Crippen LogP contribution in [0.15, 0.2) is 42.5 Å². The van der Waals surface area contributed by atoms with Crippen LogP contribution in [0.5, 0.6) is 5.75 Å². The van der Waals surface area contributed by atoms with Gasteiger partial charge in [-0.05, 0) is 24.3 Å². The standard InChI is InChI=1S/C15H15N3O2/c16-9-5-6-11(15(17)19)12(7-9)18-13-8-20-14-4-2-1-3-10(13)14/h1-7,13,18H,8,16H2,(H2,17,19). The molecule has 1 atom stereocenters. The van der Waals surface area contributed by atoms with Gasteiger partial charge in [-0.25, -0.2) is 0 Å². The Morgan fingerprint density at radius 1 is 1.25 bits per heavy atom. The number of para-hydroxylation sites is 1. The van der Waals surface area contributed by atoms with E-state index in [2.05, 4.69) is 5.32 Å². The van der Waals surface area contributed by atoms with E-state index < -0.39 is 5.91 Å². The van der Waals surface area contributed by atoms with Crippen molar-refractivity contribution in [3.05, 3.63) is 53.6 Å². The lowest BCUT2D eigenvalue weighted by molar-refractivity contribution is 0.100. The first-order valence-electron chi connectivity index (χ1n) is 6.33. The minimum absolute atomic E-state index is 0.0221. The third kappa shape index (κ3) is 2.14. The summed E-state index contributed by atoms with van der Waals surface area (Å²) >= 11 is 0. The van der Waals surface area contributed by atoms with Crippen molar-refractivity contribution in [3.8, 4) is 5.75 Å². The zero-order chi connectivity index (χ0) is 14.1. The van der Waals surface area contributed by atoms with Gasteiger partial charge in [-0.3, -0.25) is 4.79 Å². The van der Waals surface area contributed by atoms with Crippen LogP contribution in [0.2, 0.25) is 0 Å². The Hall–Kier alpha value is -2.69. The molecule has 5 heteroatoms. The molecule has 2 aromatic rings. The van der Waals surface area contributed by atoms with Gasteiger partial charge in [0, 0.05) is 16.9 Å². The second kappa shape index (κ2) is 4.77. The smallest absolute Gasteiger partial charge is 0.250 e. The number of carbonyl (C=O) groups is 1. The SMILES string of the molecule is NC(=O)c1ccc(N)cc1NC1COc2ccccc21. The number of amides is 1. The molecule has 1 amide bonds. The number of hydrogen-bond donors (Lipinski definition) is 3. The molecule has 1 aliphatic heterocycles. The summed E-state index contributed by atoms with van der Waals surface area (Å²) in [5.74, 6) is 0.370. The molecule has 20 heavy (non-hydrogen) atoms. The largest absolute Gasteiger partial charge is 0.491 e. The molecule has 3 rings (SSSR count). The Kier molecular flexibility index (Phi) is 2.95. The quantitative estimate of drug-likeness (QED) is 0.742. The highest BCUT2D eigenvalue weighted by Gasteiger charge is 2.24. The van der Waals surface area contributed by atoms with E-state index in [-0.39, 0.29) is 6.04 Å². The molecule has 0 aliphatic carbocycles. The molecule has 1 aliphatic rings. The molecular formula is C15H15N3O2. The molecule has 0 fully saturated rings. The maximum atomic E-state index is 11.5. The topological polar surface area (TPSA) is 90.4 Å². The molecule has 2 aromatic carbocycles. The predicted molar refractivity (Wildman–Crippen MR) is 77.7 cm³/mol. The van der Waals surface area contributed by atoms with Crippen LogP contribution in [0.4, 0.5) is 11.4 Å². The van der Waals surface area contributed by atoms with E-state index in [9.17, 15) is 4.79 Å². The number of benzene rings is 2. The number of ether oxygens (including phenoxy) is 1. The Bertz CT molecular complexity index is 670. The summed E-state index contributed by atoms with van der Waals surface area (Å²) in [7, 11) is 0. The molecule has 0 spiro atoms. The summed E-state index contributed by atoms with van der Waals surface area (Å²) in [5.41, 5.74) is 13.8. The van der Waals surface area contributed by atoms with Crippen LogP contribution in [-0.4, -0.2) is 12.5 Å². The van der Waals surface area contributed by atoms with E-state index in [1.165, 1.54) is 0 Å². The van der Waals surface area contributed by atoms with Crippen LogP contribution in [0.25, 0.3) is 0 Å². The van der Waals surface area contributed by atoms with Gasteiger partial charge in [0.05, 0.1) is 11.6 Å². The van der Waals surface area contributed by atoms with Gasteiger partial charge >= 0.3 is 0 Å². The fraction of sp³-hybridized carbons (Fsp3) is 0.133. The van der Waals surface area contributed by atoms with Crippen LogP contribution >= 0.6 is 0 Å². The van der Waals surface area contributed by atoms with E-state index in [0.29, 0.717) is 23.5 Å². The summed E-state index contributed by atoms with van der Waals surface area (Å²) in [6, 6.07) is 12.8. The Balaban J connectivity index is 1.93. The molecule has 5 N–H and O–H groups in total. The monoisotopic (exact) mass is 269 g/mol. The van der Waals surface area contributed by atoms with E-state index >= 15 is 0 Å². The maximum absolute atomic E-state index is 11.5. The summed E-state index contributed by atoms with van der Waals surface area (Å²) in [6.45, 7) is 0.506. The van der Waals surface area contributed by atoms with Crippen molar-refractivity contribution in [2.24, 2.45) is 5.73 Å². The number of nitrogen functional groups attached to an aromatic ring is 1. The second-order valence-corrected chi connectivity index (χ2v) is 4.72. The van der Waals surface area contributed by atoms with Crippen molar-refractivity contribution < 1.29 is 9.53 Å². The second-order valence-electron chi connectivity index (χ2n) is 4.72. The fourth-order valence-corrected chi connectivity index (χ4v) is 2.37. The summed E-state index contributed by atoms with van der Waals surface area (Å²) in [6.07, 6.45) is 0. The Labute approximate surface area is 116 Å². The highest BCUT2D eigenvalue weighted by molar-refractivity contribution is 5.99. The van der Waals surface area contributed by atoms with Gasteiger partial charge < -0.3 is 21.5 Å². The molecule has 0 saturated heterocycles. The third-order valence-electron chi connectivity index (χ3n) is 3.34. The number of anilines is 2. The van der Waals surface area contributed by atoms with Crippen molar-refractivity contribution in [2.45, 2.75) is 6.04 Å². The van der Waals surface area contributed by atoms with Gasteiger partial charge in [-0.2, -0.15) is 0 Å². The Morgan fingerprint density at radius 2 is 2.05 bits per heavy atom. The highest BCUT2D eigenvalue weighted by atomic mass is 16.5. The van der Waals surface area contributed by atoms with E-state index in [4.69, 9.17) is 16.2 Å². The van der Waals surface area contributed by atoms with Crippen molar-refractivity contribution >= 4 is 17.3 Å². The van der Waals surface area contributed by atoms with Crippen molar-refractivity contribution in [2.75, 3.05) is 17.7 Å². The van der Waals surface area contributed by atoms with Gasteiger partial charge in [-0.1, -0.05) is 18.2 Å². The highest BCUT2D eigenvalue weighted by Crippen LogP contribution is 2.35. The number of rotatable bonds is 3. The van der Waals surface area contributed by atoms with Crippen molar-refractivity contribution in [3.63, 3.8) is 0 Å². The van der Waals surface area contributed by atoms with E-state index in [0.717, 1.165) is 11.3 Å². The normalized spacial score (nSPS) is 16.3. The average molecular weight is 269 g/mol. The van der Waals surface area contributed by atoms with Gasteiger partial charge in [0.1, 0.15) is 12.4 Å². The van der Waals surface area contributed by atoms with Crippen molar-refractivity contribution in [1.82, 2.24) is 0 Å². The van der Waals surface area contributed by atoms with Crippen molar-refractivity contribution in [1.29, 1.82) is 0 Å². The van der Waals surface area contributed by atoms with Gasteiger partial charge in [0.15, 0.2) is 0 Å². The summed E-state index contributed by atoms with van der Waals surface area (Å²) in [4.78, 5) is 11.5. The molecule has 0 saturated carbocycles. The zero-order valence-corrected chi connectivity index (χ0v) is 10.8. The third-order valence-corrected chi connectivity index (χ3v) is 3.34. The lowest BCUT2D eigenvalue weighted by Crippen LogP contribution is -2.18. The first kappa shape index (κ1) is 12.3. The molecule has 1 unspecified atom stereocenters. The first-order chi connectivity index (χ1) is 9.65. The lowest BCUT2D eigenvalue weighted by Gasteiger charge is -2.16. The van der Waals surface area contributed by atoms with Gasteiger partial charge in [0.2, 0.25) is 0 Å². The summed E-state index contributed by atoms with van der Waals surface area (Å²) in [5, 5.41) is 3.28. The summed E-state index contributed by atoms with van der Waals surface area (Å²) < 4.78 is 5.60. The van der Waals surface area contributed by atoms with E-state index in [1.54, 1.807) is 18.2 Å². The molecule has 102 valence electrons. The van der Waals surface area contributed by atoms with Crippen LogP contribution in [0.1, 0.15) is 22.0 Å². The lowest BCUT2D eigenvalue weighted by atomic mass is 10.1. The maximum Gasteiger partial charge on any atom is 0.250 e. The number of primary amides is 1. The van der Waals surface area contributed by atoms with Crippen LogP contribution in [0, 0.1) is 0 Å². The molecule has 0 radical (unpaired) electrons. The minimum Gasteiger partial charge on any atom is -0.491 e. The number of nitrogens with one attached hydrogen (secondary N) is 1. The molecule has 1 heterocycles. The molecule has 0 aromatic heterocycles. The molecule has 0 bridgehead atoms. The van der Waals surface area contributed by atoms with Gasteiger partial charge in [-0.15, -0.1) is 0 Å². The van der Waals surface area contributed by atoms with Gasteiger partial charge in [0.25, 0.3) is 5.91 Å². The number of nitrogens with two attached hydrogens (primary N) is 2. The minimum atomic E-state index is -0.486. The molecule has 5 nitrogen and oxygen atoms in total. The number of hydrogen-bond acceptors (Lipinski definition) is 4. The fourth-order valence-electron chi connectivity index (χ4n) is 2.37.